The normalized spacial score (nSPS) is 23.7. The number of likely N-dealkylation sites (N-methyl/N-ethyl adjacent to an activating group) is 1. The van der Waals surface area contributed by atoms with Gasteiger partial charge in [0.15, 0.2) is 0 Å². The Balaban J connectivity index is 1.52. The average molecular weight is 320 g/mol. The molecule has 0 spiro atoms. The Hall–Kier alpha value is -1.96. The lowest BCUT2D eigenvalue weighted by Crippen LogP contribution is -2.49. The fourth-order valence-corrected chi connectivity index (χ4v) is 3.44. The number of amides is 2. The fourth-order valence-electron chi connectivity index (χ4n) is 3.44. The Morgan fingerprint density at radius 3 is 2.96 bits per heavy atom. The Morgan fingerprint density at radius 2 is 2.17 bits per heavy atom. The molecule has 3 rings (SSSR count). The molecular weight excluding hydrogens is 296 g/mol. The van der Waals surface area contributed by atoms with Crippen LogP contribution in [0.4, 0.5) is 0 Å². The van der Waals surface area contributed by atoms with Crippen molar-refractivity contribution in [3.8, 4) is 0 Å². The molecule has 1 aromatic heterocycles. The van der Waals surface area contributed by atoms with E-state index in [0.717, 1.165) is 43.9 Å². The van der Waals surface area contributed by atoms with Crippen molar-refractivity contribution in [1.29, 1.82) is 0 Å². The van der Waals surface area contributed by atoms with Crippen molar-refractivity contribution in [3.63, 3.8) is 0 Å². The first-order valence-electron chi connectivity index (χ1n) is 8.23. The first kappa shape index (κ1) is 15.9. The Bertz CT molecular complexity index is 599. The summed E-state index contributed by atoms with van der Waals surface area (Å²) in [5.41, 5.74) is 0. The lowest BCUT2D eigenvalue weighted by Gasteiger charge is -2.27. The van der Waals surface area contributed by atoms with Crippen LogP contribution >= 0.6 is 0 Å². The lowest BCUT2D eigenvalue weighted by atomic mass is 10.1. The van der Waals surface area contributed by atoms with Crippen LogP contribution in [0, 0.1) is 6.92 Å². The van der Waals surface area contributed by atoms with Crippen molar-refractivity contribution < 1.29 is 9.59 Å². The molecule has 0 bridgehead atoms. The number of rotatable bonds is 4. The van der Waals surface area contributed by atoms with E-state index in [-0.39, 0.29) is 30.4 Å². The molecule has 8 nitrogen and oxygen atoms in total. The maximum absolute atomic E-state index is 12.4. The number of nitrogens with one attached hydrogen (secondary N) is 2. The molecule has 1 fully saturated rings. The molecule has 2 aliphatic heterocycles. The molecule has 1 saturated heterocycles. The van der Waals surface area contributed by atoms with E-state index in [1.165, 1.54) is 0 Å². The maximum atomic E-state index is 12.4. The number of nitrogens with zero attached hydrogens (tertiary/aromatic N) is 4. The van der Waals surface area contributed by atoms with E-state index < -0.39 is 0 Å². The number of hydrogen-bond donors (Lipinski definition) is 2. The minimum Gasteiger partial charge on any atom is -0.357 e. The highest BCUT2D eigenvalue weighted by Crippen LogP contribution is 2.18. The Kier molecular flexibility index (Phi) is 4.61. The molecule has 2 N–H and O–H groups in total. The Morgan fingerprint density at radius 1 is 1.35 bits per heavy atom. The van der Waals surface area contributed by atoms with Crippen LogP contribution in [-0.4, -0.2) is 63.7 Å². The molecule has 0 aliphatic carbocycles. The maximum Gasteiger partial charge on any atom is 0.242 e. The van der Waals surface area contributed by atoms with Gasteiger partial charge in [-0.2, -0.15) is 5.10 Å². The monoisotopic (exact) mass is 320 g/mol. The highest BCUT2D eigenvalue weighted by Gasteiger charge is 2.33. The summed E-state index contributed by atoms with van der Waals surface area (Å²) in [6.45, 7) is 3.56. The van der Waals surface area contributed by atoms with Gasteiger partial charge in [-0.25, -0.2) is 9.67 Å². The second-order valence-corrected chi connectivity index (χ2v) is 6.23. The fraction of sp³-hybridized carbons (Fsp3) is 0.733. The van der Waals surface area contributed by atoms with Gasteiger partial charge in [0.1, 0.15) is 17.7 Å². The molecule has 0 radical (unpaired) electrons. The molecule has 2 atom stereocenters. The number of fused-ring (bicyclic) bond motifs is 1. The van der Waals surface area contributed by atoms with E-state index in [9.17, 15) is 9.59 Å². The molecule has 23 heavy (non-hydrogen) atoms. The van der Waals surface area contributed by atoms with Gasteiger partial charge >= 0.3 is 0 Å². The summed E-state index contributed by atoms with van der Waals surface area (Å²) >= 11 is 0. The van der Waals surface area contributed by atoms with E-state index in [1.807, 2.05) is 11.6 Å². The molecule has 0 unspecified atom stereocenters. The predicted molar refractivity (Wildman–Crippen MR) is 83.7 cm³/mol. The zero-order chi connectivity index (χ0) is 16.4. The van der Waals surface area contributed by atoms with Gasteiger partial charge in [0.05, 0.1) is 13.1 Å². The van der Waals surface area contributed by atoms with Gasteiger partial charge in [0.25, 0.3) is 0 Å². The van der Waals surface area contributed by atoms with Crippen molar-refractivity contribution >= 4 is 11.8 Å². The topological polar surface area (TPSA) is 92.2 Å². The first-order valence-corrected chi connectivity index (χ1v) is 8.23. The van der Waals surface area contributed by atoms with Crippen LogP contribution in [0.5, 0.6) is 0 Å². The first-order chi connectivity index (χ1) is 11.1. The summed E-state index contributed by atoms with van der Waals surface area (Å²) in [7, 11) is 1.61. The number of carbonyl (C=O) groups excluding carboxylic acids is 2. The average Bonchev–Trinajstić information content (AvgIpc) is 3.16. The van der Waals surface area contributed by atoms with Crippen molar-refractivity contribution in [3.05, 3.63) is 11.6 Å². The third-order valence-electron chi connectivity index (χ3n) is 4.63. The quantitative estimate of drug-likeness (QED) is 0.760. The van der Waals surface area contributed by atoms with Gasteiger partial charge in [-0.05, 0) is 26.2 Å². The summed E-state index contributed by atoms with van der Waals surface area (Å²) in [6, 6.07) is -0.0983. The molecule has 0 saturated carbocycles. The number of carbonyl (C=O) groups is 2. The zero-order valence-electron chi connectivity index (χ0n) is 13.7. The summed E-state index contributed by atoms with van der Waals surface area (Å²) in [5.74, 6) is 1.74. The lowest BCUT2D eigenvalue weighted by molar-refractivity contribution is -0.137. The van der Waals surface area contributed by atoms with Crippen LogP contribution in [0.1, 0.15) is 30.9 Å². The molecule has 126 valence electrons. The van der Waals surface area contributed by atoms with Crippen molar-refractivity contribution in [1.82, 2.24) is 30.3 Å². The van der Waals surface area contributed by atoms with Gasteiger partial charge in [-0.3, -0.25) is 9.59 Å². The summed E-state index contributed by atoms with van der Waals surface area (Å²) in [5, 5.41) is 10.3. The second-order valence-electron chi connectivity index (χ2n) is 6.23. The second kappa shape index (κ2) is 6.66. The highest BCUT2D eigenvalue weighted by molar-refractivity contribution is 5.88. The molecule has 1 aromatic rings. The molecular formula is C15H24N6O2. The third-order valence-corrected chi connectivity index (χ3v) is 4.63. The number of aromatic nitrogens is 3. The summed E-state index contributed by atoms with van der Waals surface area (Å²) in [4.78, 5) is 30.3. The van der Waals surface area contributed by atoms with Crippen LogP contribution in [0.25, 0.3) is 0 Å². The van der Waals surface area contributed by atoms with Gasteiger partial charge < -0.3 is 15.5 Å². The van der Waals surface area contributed by atoms with Crippen molar-refractivity contribution in [2.75, 3.05) is 20.1 Å². The molecule has 0 aromatic carbocycles. The summed E-state index contributed by atoms with van der Waals surface area (Å²) < 4.78 is 1.92. The van der Waals surface area contributed by atoms with Crippen LogP contribution in [-0.2, 0) is 22.6 Å². The third kappa shape index (κ3) is 3.36. The number of hydrogen-bond acceptors (Lipinski definition) is 5. The van der Waals surface area contributed by atoms with Crippen LogP contribution < -0.4 is 10.6 Å². The Labute approximate surface area is 135 Å². The van der Waals surface area contributed by atoms with E-state index in [4.69, 9.17) is 0 Å². The minimum atomic E-state index is -0.315. The van der Waals surface area contributed by atoms with Gasteiger partial charge in [0.2, 0.25) is 11.8 Å². The van der Waals surface area contributed by atoms with Crippen molar-refractivity contribution in [2.24, 2.45) is 0 Å². The largest absolute Gasteiger partial charge is 0.357 e. The SMILES string of the molecule is CNC(=O)[C@@H]1CCCN1C(=O)CN[C@H]1CCc2nc(C)nn2C1. The van der Waals surface area contributed by atoms with Gasteiger partial charge in [0, 0.05) is 26.1 Å². The number of likely N-dealkylation sites (tertiary alicyclic amines) is 1. The minimum absolute atomic E-state index is 0.00309. The standard InChI is InChI=1S/C15H24N6O2/c1-10-18-13-6-5-11(9-21(13)19-10)17-8-14(22)20-7-3-4-12(20)15(23)16-2/h11-12,17H,3-9H2,1-2H3,(H,16,23)/t11-,12-/m0/s1. The van der Waals surface area contributed by atoms with Crippen LogP contribution in [0.15, 0.2) is 0 Å². The smallest absolute Gasteiger partial charge is 0.242 e. The van der Waals surface area contributed by atoms with Gasteiger partial charge in [-0.15, -0.1) is 0 Å². The highest BCUT2D eigenvalue weighted by atomic mass is 16.2. The van der Waals surface area contributed by atoms with E-state index in [1.54, 1.807) is 11.9 Å². The van der Waals surface area contributed by atoms with Crippen LogP contribution in [0.2, 0.25) is 0 Å². The van der Waals surface area contributed by atoms with Crippen molar-refractivity contribution in [2.45, 2.75) is 51.2 Å². The van der Waals surface area contributed by atoms with E-state index in [0.29, 0.717) is 6.54 Å². The molecule has 8 heteroatoms. The molecule has 3 heterocycles. The van der Waals surface area contributed by atoms with Crippen LogP contribution in [0.3, 0.4) is 0 Å². The van der Waals surface area contributed by atoms with E-state index >= 15 is 0 Å². The molecule has 2 amide bonds. The van der Waals surface area contributed by atoms with Gasteiger partial charge in [-0.1, -0.05) is 0 Å². The zero-order valence-corrected chi connectivity index (χ0v) is 13.7. The van der Waals surface area contributed by atoms with E-state index in [2.05, 4.69) is 20.7 Å². The summed E-state index contributed by atoms with van der Waals surface area (Å²) in [6.07, 6.45) is 3.45. The predicted octanol–water partition coefficient (Wildman–Crippen LogP) is -0.772. The molecule has 2 aliphatic rings. The number of aryl methyl sites for hydroxylation is 2.